The highest BCUT2D eigenvalue weighted by Crippen LogP contribution is 2.26. The Bertz CT molecular complexity index is 959. The second kappa shape index (κ2) is 9.18. The van der Waals surface area contributed by atoms with Crippen LogP contribution in [0.15, 0.2) is 64.0 Å². The zero-order valence-electron chi connectivity index (χ0n) is 15.6. The molecule has 1 aromatic heterocycles. The number of hydrogen-bond acceptors (Lipinski definition) is 6. The Morgan fingerprint density at radius 3 is 2.54 bits per heavy atom. The molecule has 0 aliphatic rings. The van der Waals surface area contributed by atoms with E-state index < -0.39 is 0 Å². The highest BCUT2D eigenvalue weighted by molar-refractivity contribution is 7.98. The highest BCUT2D eigenvalue weighted by Gasteiger charge is 2.18. The molecule has 2 amide bonds. The van der Waals surface area contributed by atoms with Crippen LogP contribution in [0, 0.1) is 6.92 Å². The monoisotopic (exact) mass is 396 g/mol. The molecule has 0 saturated carbocycles. The summed E-state index contributed by atoms with van der Waals surface area (Å²) in [6, 6.07) is 16.4. The largest absolute Gasteiger partial charge is 0.338 e. The van der Waals surface area contributed by atoms with Crippen LogP contribution in [0.2, 0.25) is 0 Å². The summed E-state index contributed by atoms with van der Waals surface area (Å²) in [5, 5.41) is 6.54. The first-order chi connectivity index (χ1) is 13.5. The van der Waals surface area contributed by atoms with Gasteiger partial charge in [-0.05, 0) is 31.2 Å². The van der Waals surface area contributed by atoms with E-state index in [2.05, 4.69) is 15.5 Å². The van der Waals surface area contributed by atoms with Crippen molar-refractivity contribution in [3.8, 4) is 0 Å². The number of nitrogens with one attached hydrogen (secondary N) is 1. The lowest BCUT2D eigenvalue weighted by atomic mass is 10.2. The van der Waals surface area contributed by atoms with Crippen molar-refractivity contribution in [3.63, 3.8) is 0 Å². The Morgan fingerprint density at radius 1 is 1.11 bits per heavy atom. The number of para-hydroxylation sites is 1. The molecule has 28 heavy (non-hydrogen) atoms. The molecule has 8 heteroatoms. The van der Waals surface area contributed by atoms with Crippen molar-refractivity contribution < 1.29 is 14.1 Å². The van der Waals surface area contributed by atoms with Crippen molar-refractivity contribution >= 4 is 29.3 Å². The summed E-state index contributed by atoms with van der Waals surface area (Å²) >= 11 is 1.44. The molecular weight excluding hydrogens is 376 g/mol. The Labute approximate surface area is 167 Å². The normalized spacial score (nSPS) is 10.5. The lowest BCUT2D eigenvalue weighted by Gasteiger charge is -2.18. The van der Waals surface area contributed by atoms with Crippen molar-refractivity contribution in [3.05, 3.63) is 71.9 Å². The van der Waals surface area contributed by atoms with Crippen molar-refractivity contribution in [2.45, 2.75) is 17.6 Å². The maximum Gasteiger partial charge on any atom is 0.255 e. The third kappa shape index (κ3) is 5.20. The van der Waals surface area contributed by atoms with E-state index in [0.29, 0.717) is 28.7 Å². The number of carbonyl (C=O) groups is 2. The van der Waals surface area contributed by atoms with Gasteiger partial charge in [-0.1, -0.05) is 35.5 Å². The molecular formula is C20H20N4O3S. The highest BCUT2D eigenvalue weighted by atomic mass is 32.2. The van der Waals surface area contributed by atoms with Crippen molar-refractivity contribution in [2.75, 3.05) is 18.9 Å². The van der Waals surface area contributed by atoms with Crippen LogP contribution in [0.5, 0.6) is 0 Å². The van der Waals surface area contributed by atoms with E-state index >= 15 is 0 Å². The van der Waals surface area contributed by atoms with Gasteiger partial charge in [0, 0.05) is 17.6 Å². The van der Waals surface area contributed by atoms with Gasteiger partial charge in [-0.25, -0.2) is 0 Å². The first-order valence-electron chi connectivity index (χ1n) is 8.64. The molecule has 1 N–H and O–H groups in total. The van der Waals surface area contributed by atoms with Gasteiger partial charge in [-0.2, -0.15) is 4.98 Å². The van der Waals surface area contributed by atoms with Gasteiger partial charge in [0.15, 0.2) is 5.82 Å². The predicted octanol–water partition coefficient (Wildman–Crippen LogP) is 3.38. The van der Waals surface area contributed by atoms with Gasteiger partial charge >= 0.3 is 0 Å². The Kier molecular flexibility index (Phi) is 6.44. The molecule has 7 nitrogen and oxygen atoms in total. The van der Waals surface area contributed by atoms with Crippen LogP contribution in [0.1, 0.15) is 22.1 Å². The molecule has 144 valence electrons. The molecule has 0 spiro atoms. The minimum absolute atomic E-state index is 0.0460. The number of carbonyl (C=O) groups excluding carboxylic acids is 2. The number of nitrogens with zero attached hydrogens (tertiary/aromatic N) is 3. The van der Waals surface area contributed by atoms with Crippen molar-refractivity contribution in [1.29, 1.82) is 0 Å². The summed E-state index contributed by atoms with van der Waals surface area (Å²) in [7, 11) is 1.61. The third-order valence-electron chi connectivity index (χ3n) is 3.82. The Hall–Kier alpha value is -3.13. The van der Waals surface area contributed by atoms with Gasteiger partial charge in [0.05, 0.1) is 17.9 Å². The van der Waals surface area contributed by atoms with Crippen molar-refractivity contribution in [1.82, 2.24) is 15.0 Å². The lowest BCUT2D eigenvalue weighted by molar-refractivity contribution is -0.116. The Morgan fingerprint density at radius 2 is 1.82 bits per heavy atom. The molecule has 3 rings (SSSR count). The first kappa shape index (κ1) is 19.6. The van der Waals surface area contributed by atoms with Gasteiger partial charge < -0.3 is 14.7 Å². The smallest absolute Gasteiger partial charge is 0.255 e. The molecule has 0 saturated heterocycles. The average Bonchev–Trinajstić information content (AvgIpc) is 3.12. The maximum atomic E-state index is 12.9. The number of rotatable bonds is 7. The van der Waals surface area contributed by atoms with Crippen molar-refractivity contribution in [2.24, 2.45) is 0 Å². The SMILES string of the molecule is Cc1noc(CSc2ccccc2C(=O)N(C)CC(=O)Nc2ccccc2)n1. The summed E-state index contributed by atoms with van der Waals surface area (Å²) in [6.07, 6.45) is 0. The van der Waals surface area contributed by atoms with E-state index in [1.165, 1.54) is 16.7 Å². The zero-order valence-corrected chi connectivity index (χ0v) is 16.4. The quantitative estimate of drug-likeness (QED) is 0.616. The average molecular weight is 396 g/mol. The molecule has 0 fully saturated rings. The number of benzene rings is 2. The maximum absolute atomic E-state index is 12.9. The number of anilines is 1. The van der Waals surface area contributed by atoms with E-state index in [1.807, 2.05) is 30.3 Å². The minimum atomic E-state index is -0.256. The molecule has 0 aliphatic carbocycles. The number of thioether (sulfide) groups is 1. The van der Waals surface area contributed by atoms with Gasteiger partial charge in [0.2, 0.25) is 11.8 Å². The van der Waals surface area contributed by atoms with Crippen LogP contribution in [0.3, 0.4) is 0 Å². The van der Waals surface area contributed by atoms with Gasteiger partial charge in [0.1, 0.15) is 0 Å². The van der Waals surface area contributed by atoms with Gasteiger partial charge in [-0.3, -0.25) is 9.59 Å². The second-order valence-corrected chi connectivity index (χ2v) is 7.11. The fourth-order valence-electron chi connectivity index (χ4n) is 2.52. The second-order valence-electron chi connectivity index (χ2n) is 6.10. The molecule has 0 bridgehead atoms. The summed E-state index contributed by atoms with van der Waals surface area (Å²) in [5.41, 5.74) is 1.22. The topological polar surface area (TPSA) is 88.3 Å². The molecule has 2 aromatic carbocycles. The molecule has 1 heterocycles. The van der Waals surface area contributed by atoms with Crippen LogP contribution >= 0.6 is 11.8 Å². The van der Waals surface area contributed by atoms with Crippen LogP contribution < -0.4 is 5.32 Å². The fraction of sp³-hybridized carbons (Fsp3) is 0.200. The van der Waals surface area contributed by atoms with E-state index in [0.717, 1.165) is 4.90 Å². The van der Waals surface area contributed by atoms with E-state index in [9.17, 15) is 9.59 Å². The number of aryl methyl sites for hydroxylation is 1. The van der Waals surface area contributed by atoms with Crippen LogP contribution in [-0.2, 0) is 10.5 Å². The summed E-state index contributed by atoms with van der Waals surface area (Å²) in [6.45, 7) is 1.71. The van der Waals surface area contributed by atoms with E-state index in [4.69, 9.17) is 4.52 Å². The predicted molar refractivity (Wildman–Crippen MR) is 107 cm³/mol. The number of hydrogen-bond donors (Lipinski definition) is 1. The molecule has 3 aromatic rings. The number of aromatic nitrogens is 2. The van der Waals surface area contributed by atoms with Crippen LogP contribution in [-0.4, -0.2) is 40.4 Å². The van der Waals surface area contributed by atoms with Gasteiger partial charge in [-0.15, -0.1) is 11.8 Å². The zero-order chi connectivity index (χ0) is 19.9. The lowest BCUT2D eigenvalue weighted by Crippen LogP contribution is -2.35. The fourth-order valence-corrected chi connectivity index (χ4v) is 3.40. The minimum Gasteiger partial charge on any atom is -0.338 e. The van der Waals surface area contributed by atoms with E-state index in [1.54, 1.807) is 38.2 Å². The molecule has 0 aliphatic heterocycles. The Balaban J connectivity index is 1.63. The number of amides is 2. The number of likely N-dealkylation sites (N-methyl/N-ethyl adjacent to an activating group) is 1. The van der Waals surface area contributed by atoms with E-state index in [-0.39, 0.29) is 18.4 Å². The van der Waals surface area contributed by atoms with Crippen LogP contribution in [0.25, 0.3) is 0 Å². The molecule has 0 radical (unpaired) electrons. The molecule has 0 atom stereocenters. The standard InChI is InChI=1S/C20H20N4O3S/c1-14-21-19(27-23-14)13-28-17-11-7-6-10-16(17)20(26)24(2)12-18(25)22-15-8-4-3-5-9-15/h3-11H,12-13H2,1-2H3,(H,22,25). The summed E-state index contributed by atoms with van der Waals surface area (Å²) in [5.74, 6) is 1.05. The summed E-state index contributed by atoms with van der Waals surface area (Å²) in [4.78, 5) is 31.4. The molecule has 0 unspecified atom stereocenters. The summed E-state index contributed by atoms with van der Waals surface area (Å²) < 4.78 is 5.11. The van der Waals surface area contributed by atoms with Gasteiger partial charge in [0.25, 0.3) is 5.91 Å². The first-order valence-corrected chi connectivity index (χ1v) is 9.63. The van der Waals surface area contributed by atoms with Crippen LogP contribution in [0.4, 0.5) is 5.69 Å². The third-order valence-corrected chi connectivity index (χ3v) is 4.88.